The third-order valence-electron chi connectivity index (χ3n) is 4.21. The largest absolute Gasteiger partial charge is 0.370 e. The van der Waals surface area contributed by atoms with E-state index in [1.54, 1.807) is 12.1 Å². The summed E-state index contributed by atoms with van der Waals surface area (Å²) in [4.78, 5) is 4.36. The minimum absolute atomic E-state index is 0.00244. The number of nitrogens with one attached hydrogen (secondary N) is 2. The molecule has 21 heavy (non-hydrogen) atoms. The highest BCUT2D eigenvalue weighted by Crippen LogP contribution is 2.36. The van der Waals surface area contributed by atoms with Crippen molar-refractivity contribution in [1.29, 1.82) is 0 Å². The van der Waals surface area contributed by atoms with Crippen molar-refractivity contribution in [2.45, 2.75) is 57.4 Å². The van der Waals surface area contributed by atoms with Crippen LogP contribution in [-0.2, 0) is 10.0 Å². The first-order chi connectivity index (χ1) is 9.85. The zero-order valence-corrected chi connectivity index (χ0v) is 13.8. The van der Waals surface area contributed by atoms with Crippen molar-refractivity contribution in [2.24, 2.45) is 5.41 Å². The van der Waals surface area contributed by atoms with Crippen LogP contribution in [0.3, 0.4) is 0 Å². The van der Waals surface area contributed by atoms with Crippen LogP contribution in [0.4, 0.5) is 5.82 Å². The van der Waals surface area contributed by atoms with Gasteiger partial charge in [0.15, 0.2) is 0 Å². The molecule has 0 bridgehead atoms. The van der Waals surface area contributed by atoms with Crippen LogP contribution >= 0.6 is 0 Å². The highest BCUT2D eigenvalue weighted by molar-refractivity contribution is 7.89. The van der Waals surface area contributed by atoms with E-state index >= 15 is 0 Å². The Morgan fingerprint density at radius 1 is 1.33 bits per heavy atom. The number of sulfonamides is 1. The fourth-order valence-corrected chi connectivity index (χ4v) is 4.18. The first kappa shape index (κ1) is 16.2. The molecule has 1 fully saturated rings. The molecule has 1 heterocycles. The Hall–Kier alpha value is -1.14. The molecule has 0 aromatic carbocycles. The maximum absolute atomic E-state index is 12.5. The van der Waals surface area contributed by atoms with E-state index in [1.807, 2.05) is 6.92 Å². The molecule has 118 valence electrons. The summed E-state index contributed by atoms with van der Waals surface area (Å²) in [5.74, 6) is 0.689. The van der Waals surface area contributed by atoms with Crippen LogP contribution in [0.2, 0.25) is 0 Å². The van der Waals surface area contributed by atoms with Crippen molar-refractivity contribution in [3.8, 4) is 0 Å². The fourth-order valence-electron chi connectivity index (χ4n) is 2.79. The molecule has 0 spiro atoms. The summed E-state index contributed by atoms with van der Waals surface area (Å²) < 4.78 is 27.8. The summed E-state index contributed by atoms with van der Waals surface area (Å²) in [6.45, 7) is 6.99. The summed E-state index contributed by atoms with van der Waals surface area (Å²) in [6.07, 6.45) is 5.61. The molecule has 0 amide bonds. The maximum atomic E-state index is 12.5. The molecule has 1 aromatic rings. The van der Waals surface area contributed by atoms with Gasteiger partial charge in [0.05, 0.1) is 0 Å². The van der Waals surface area contributed by atoms with Crippen molar-refractivity contribution in [3.05, 3.63) is 18.3 Å². The molecule has 0 radical (unpaired) electrons. The Morgan fingerprint density at radius 3 is 2.67 bits per heavy atom. The number of aromatic nitrogens is 1. The van der Waals surface area contributed by atoms with Crippen LogP contribution in [0.25, 0.3) is 0 Å². The zero-order valence-electron chi connectivity index (χ0n) is 13.0. The second-order valence-corrected chi connectivity index (χ2v) is 8.03. The second-order valence-electron chi connectivity index (χ2n) is 6.32. The molecular weight excluding hydrogens is 286 g/mol. The minimum Gasteiger partial charge on any atom is -0.370 e. The van der Waals surface area contributed by atoms with Crippen molar-refractivity contribution in [2.75, 3.05) is 11.9 Å². The van der Waals surface area contributed by atoms with E-state index in [9.17, 15) is 8.42 Å². The van der Waals surface area contributed by atoms with Gasteiger partial charge in [-0.25, -0.2) is 18.1 Å². The lowest BCUT2D eigenvalue weighted by Gasteiger charge is -2.38. The topological polar surface area (TPSA) is 71.1 Å². The summed E-state index contributed by atoms with van der Waals surface area (Å²) in [5, 5.41) is 3.05. The molecule has 2 rings (SSSR count). The van der Waals surface area contributed by atoms with Gasteiger partial charge in [-0.05, 0) is 37.3 Å². The number of pyridine rings is 1. The van der Waals surface area contributed by atoms with Gasteiger partial charge in [0.1, 0.15) is 10.7 Å². The van der Waals surface area contributed by atoms with Gasteiger partial charge in [0.2, 0.25) is 10.0 Å². The van der Waals surface area contributed by atoms with Gasteiger partial charge >= 0.3 is 0 Å². The number of anilines is 1. The minimum atomic E-state index is -3.50. The van der Waals surface area contributed by atoms with Crippen LogP contribution in [-0.4, -0.2) is 26.0 Å². The highest BCUT2D eigenvalue weighted by atomic mass is 32.2. The average molecular weight is 311 g/mol. The molecule has 1 aliphatic carbocycles. The highest BCUT2D eigenvalue weighted by Gasteiger charge is 2.35. The molecule has 1 saturated carbocycles. The third-order valence-corrected chi connectivity index (χ3v) is 5.67. The molecule has 1 atom stereocenters. The molecule has 6 heteroatoms. The first-order valence-corrected chi connectivity index (χ1v) is 9.06. The van der Waals surface area contributed by atoms with Crippen molar-refractivity contribution >= 4 is 15.8 Å². The third kappa shape index (κ3) is 3.95. The van der Waals surface area contributed by atoms with E-state index in [0.717, 1.165) is 25.8 Å². The summed E-state index contributed by atoms with van der Waals surface area (Å²) in [5.41, 5.74) is 0.00244. The molecule has 0 aliphatic heterocycles. The Kier molecular flexibility index (Phi) is 4.88. The summed E-state index contributed by atoms with van der Waals surface area (Å²) >= 11 is 0. The van der Waals surface area contributed by atoms with Gasteiger partial charge < -0.3 is 5.32 Å². The quantitative estimate of drug-likeness (QED) is 0.877. The molecule has 1 aromatic heterocycles. The smallest absolute Gasteiger partial charge is 0.242 e. The van der Waals surface area contributed by atoms with Gasteiger partial charge in [-0.2, -0.15) is 0 Å². The van der Waals surface area contributed by atoms with Crippen LogP contribution in [0.1, 0.15) is 46.5 Å². The molecule has 0 saturated heterocycles. The van der Waals surface area contributed by atoms with Crippen molar-refractivity contribution in [1.82, 2.24) is 9.71 Å². The van der Waals surface area contributed by atoms with E-state index in [-0.39, 0.29) is 16.4 Å². The second kappa shape index (κ2) is 6.32. The van der Waals surface area contributed by atoms with Crippen LogP contribution < -0.4 is 10.0 Å². The zero-order chi connectivity index (χ0) is 15.5. The first-order valence-electron chi connectivity index (χ1n) is 7.57. The Morgan fingerprint density at radius 2 is 2.10 bits per heavy atom. The number of nitrogens with zero attached hydrogens (tertiary/aromatic N) is 1. The lowest BCUT2D eigenvalue weighted by atomic mass is 9.74. The van der Waals surface area contributed by atoms with Gasteiger partial charge in [0, 0.05) is 18.8 Å². The predicted octanol–water partition coefficient (Wildman–Crippen LogP) is 2.76. The number of hydrogen-bond acceptors (Lipinski definition) is 4. The normalized spacial score (nSPS) is 22.0. The van der Waals surface area contributed by atoms with E-state index in [4.69, 9.17) is 0 Å². The van der Waals surface area contributed by atoms with E-state index in [0.29, 0.717) is 5.82 Å². The fraction of sp³-hybridized carbons (Fsp3) is 0.667. The predicted molar refractivity (Wildman–Crippen MR) is 84.8 cm³/mol. The van der Waals surface area contributed by atoms with E-state index in [1.165, 1.54) is 12.6 Å². The lowest BCUT2D eigenvalue weighted by molar-refractivity contribution is 0.188. The standard InChI is InChI=1S/C15H25N3O2S/c1-4-16-14-9-8-12(11-17-14)21(19,20)18-13-7-5-6-10-15(13,2)3/h8-9,11,13,18H,4-7,10H2,1-3H3,(H,16,17). The van der Waals surface area contributed by atoms with Crippen LogP contribution in [0, 0.1) is 5.41 Å². The molecule has 2 N–H and O–H groups in total. The lowest BCUT2D eigenvalue weighted by Crippen LogP contribution is -2.46. The molecule has 1 unspecified atom stereocenters. The molecular formula is C15H25N3O2S. The van der Waals surface area contributed by atoms with Gasteiger partial charge in [0.25, 0.3) is 0 Å². The van der Waals surface area contributed by atoms with Gasteiger partial charge in [-0.15, -0.1) is 0 Å². The SMILES string of the molecule is CCNc1ccc(S(=O)(=O)NC2CCCCC2(C)C)cn1. The Bertz CT molecular complexity index is 567. The average Bonchev–Trinajstić information content (AvgIpc) is 2.42. The van der Waals surface area contributed by atoms with Crippen LogP contribution in [0.15, 0.2) is 23.2 Å². The Labute approximate surface area is 127 Å². The van der Waals surface area contributed by atoms with E-state index < -0.39 is 10.0 Å². The maximum Gasteiger partial charge on any atom is 0.242 e. The van der Waals surface area contributed by atoms with Crippen LogP contribution in [0.5, 0.6) is 0 Å². The summed E-state index contributed by atoms with van der Waals surface area (Å²) in [6, 6.07) is 3.29. The van der Waals surface area contributed by atoms with Gasteiger partial charge in [-0.1, -0.05) is 26.7 Å². The molecule has 5 nitrogen and oxygen atoms in total. The van der Waals surface area contributed by atoms with Gasteiger partial charge in [-0.3, -0.25) is 0 Å². The van der Waals surface area contributed by atoms with E-state index in [2.05, 4.69) is 28.9 Å². The van der Waals surface area contributed by atoms with Crippen molar-refractivity contribution < 1.29 is 8.42 Å². The summed E-state index contributed by atoms with van der Waals surface area (Å²) in [7, 11) is -3.50. The van der Waals surface area contributed by atoms with Crippen molar-refractivity contribution in [3.63, 3.8) is 0 Å². The number of rotatable bonds is 5. The monoisotopic (exact) mass is 311 g/mol. The molecule has 1 aliphatic rings. The number of hydrogen-bond donors (Lipinski definition) is 2. The Balaban J connectivity index is 2.14.